The summed E-state index contributed by atoms with van der Waals surface area (Å²) in [5.74, 6) is -1.65. The van der Waals surface area contributed by atoms with Crippen LogP contribution in [-0.4, -0.2) is 45.7 Å². The van der Waals surface area contributed by atoms with Crippen LogP contribution >= 0.6 is 0 Å². The normalized spacial score (nSPS) is 23.1. The van der Waals surface area contributed by atoms with Gasteiger partial charge in [0.05, 0.1) is 12.0 Å². The first kappa shape index (κ1) is 20.4. The molecule has 0 amide bonds. The Morgan fingerprint density at radius 2 is 1.71 bits per heavy atom. The van der Waals surface area contributed by atoms with Crippen molar-refractivity contribution >= 4 is 15.5 Å². The molecule has 0 aromatic heterocycles. The number of halogens is 3. The molecular formula is C18H19F3N2O4S. The van der Waals surface area contributed by atoms with E-state index in [9.17, 15) is 26.7 Å². The lowest BCUT2D eigenvalue weighted by atomic mass is 10.1. The van der Waals surface area contributed by atoms with Gasteiger partial charge in [-0.2, -0.15) is 13.2 Å². The van der Waals surface area contributed by atoms with E-state index >= 15 is 0 Å². The highest BCUT2D eigenvalue weighted by Gasteiger charge is 2.54. The number of nitrogens with one attached hydrogen (secondary N) is 1. The van der Waals surface area contributed by atoms with Gasteiger partial charge >= 0.3 is 6.18 Å². The quantitative estimate of drug-likeness (QED) is 0.796. The molecule has 0 saturated carbocycles. The Labute approximate surface area is 160 Å². The summed E-state index contributed by atoms with van der Waals surface area (Å²) in [6.07, 6.45) is -3.55. The first-order valence-corrected chi connectivity index (χ1v) is 10.1. The van der Waals surface area contributed by atoms with Gasteiger partial charge in [-0.25, -0.2) is 8.42 Å². The smallest absolute Gasteiger partial charge is 0.405 e. The molecule has 0 bridgehead atoms. The summed E-state index contributed by atoms with van der Waals surface area (Å²) in [6, 6.07) is 9.32. The minimum Gasteiger partial charge on any atom is -0.497 e. The van der Waals surface area contributed by atoms with E-state index in [4.69, 9.17) is 4.74 Å². The minimum absolute atomic E-state index is 0.0313. The molecule has 1 fully saturated rings. The van der Waals surface area contributed by atoms with Crippen molar-refractivity contribution in [3.8, 4) is 5.75 Å². The van der Waals surface area contributed by atoms with Crippen molar-refractivity contribution in [2.45, 2.75) is 23.0 Å². The van der Waals surface area contributed by atoms with Crippen LogP contribution in [0.15, 0.2) is 53.4 Å². The van der Waals surface area contributed by atoms with Crippen LogP contribution in [0.1, 0.15) is 5.56 Å². The highest BCUT2D eigenvalue weighted by atomic mass is 32.2. The van der Waals surface area contributed by atoms with Gasteiger partial charge in [0, 0.05) is 24.1 Å². The summed E-state index contributed by atoms with van der Waals surface area (Å²) in [5.41, 5.74) is 0.428. The predicted molar refractivity (Wildman–Crippen MR) is 96.8 cm³/mol. The Morgan fingerprint density at radius 3 is 2.18 bits per heavy atom. The largest absolute Gasteiger partial charge is 0.497 e. The number of aliphatic hydroxyl groups is 1. The van der Waals surface area contributed by atoms with E-state index in [1.807, 2.05) is 0 Å². The Hall–Kier alpha value is -2.30. The molecule has 1 aliphatic rings. The lowest BCUT2D eigenvalue weighted by Crippen LogP contribution is -2.51. The second kappa shape index (κ2) is 6.94. The van der Waals surface area contributed by atoms with Crippen molar-refractivity contribution in [1.82, 2.24) is 5.32 Å². The first-order valence-electron chi connectivity index (χ1n) is 8.24. The Bertz CT molecular complexity index is 946. The van der Waals surface area contributed by atoms with Gasteiger partial charge in [0.25, 0.3) is 0 Å². The number of hydrogen-bond acceptors (Lipinski definition) is 6. The predicted octanol–water partition coefficient (Wildman–Crippen LogP) is 2.24. The van der Waals surface area contributed by atoms with Crippen LogP contribution in [0.25, 0.3) is 0 Å². The number of nitrogens with zero attached hydrogens (tertiary/aromatic N) is 1. The standard InChI is InChI=1S/C18H19F3N2O4S/c1-27-14-7-3-12(4-8-14)18(24)22-16(17(19,20)21)11-23(18)13-5-9-15(10-6-13)28(2,25)26/h3-10,16,22,24H,11H2,1-2H3. The molecule has 6 nitrogen and oxygen atoms in total. The van der Waals surface area contributed by atoms with Crippen molar-refractivity contribution in [1.29, 1.82) is 0 Å². The molecule has 0 aliphatic carbocycles. The van der Waals surface area contributed by atoms with E-state index in [0.29, 0.717) is 5.75 Å². The summed E-state index contributed by atoms with van der Waals surface area (Å²) in [4.78, 5) is 1.18. The van der Waals surface area contributed by atoms with E-state index < -0.39 is 34.4 Å². The number of ether oxygens (including phenoxy) is 1. The van der Waals surface area contributed by atoms with Gasteiger partial charge in [0.1, 0.15) is 11.8 Å². The third kappa shape index (κ3) is 3.80. The second-order valence-corrected chi connectivity index (χ2v) is 8.53. The Kier molecular flexibility index (Phi) is 5.07. The fourth-order valence-electron chi connectivity index (χ4n) is 3.09. The van der Waals surface area contributed by atoms with Gasteiger partial charge in [-0.15, -0.1) is 0 Å². The molecule has 3 rings (SSSR count). The molecular weight excluding hydrogens is 397 g/mol. The number of anilines is 1. The zero-order valence-corrected chi connectivity index (χ0v) is 15.9. The van der Waals surface area contributed by atoms with Gasteiger partial charge in [-0.05, 0) is 48.5 Å². The SMILES string of the molecule is COc1ccc(C2(O)NC(C(F)(F)F)CN2c2ccc(S(C)(=O)=O)cc2)cc1. The van der Waals surface area contributed by atoms with Crippen LogP contribution < -0.4 is 15.0 Å². The number of benzene rings is 2. The van der Waals surface area contributed by atoms with E-state index in [0.717, 1.165) is 11.2 Å². The van der Waals surface area contributed by atoms with Gasteiger partial charge in [-0.3, -0.25) is 5.32 Å². The lowest BCUT2D eigenvalue weighted by Gasteiger charge is -2.35. The molecule has 1 heterocycles. The zero-order valence-electron chi connectivity index (χ0n) is 15.1. The van der Waals surface area contributed by atoms with Crippen molar-refractivity contribution < 1.29 is 31.4 Å². The number of rotatable bonds is 4. The molecule has 2 aromatic rings. The monoisotopic (exact) mass is 416 g/mol. The van der Waals surface area contributed by atoms with Crippen LogP contribution in [0, 0.1) is 0 Å². The number of hydrogen-bond donors (Lipinski definition) is 2. The average molecular weight is 416 g/mol. The van der Waals surface area contributed by atoms with Crippen molar-refractivity contribution in [2.24, 2.45) is 0 Å². The molecule has 10 heteroatoms. The summed E-state index contributed by atoms with van der Waals surface area (Å²) in [6.45, 7) is -0.551. The summed E-state index contributed by atoms with van der Waals surface area (Å²) < 4.78 is 68.3. The third-order valence-corrected chi connectivity index (χ3v) is 5.72. The Balaban J connectivity index is 2.04. The van der Waals surface area contributed by atoms with Crippen LogP contribution in [-0.2, 0) is 15.7 Å². The molecule has 28 heavy (non-hydrogen) atoms. The Morgan fingerprint density at radius 1 is 1.14 bits per heavy atom. The molecule has 2 atom stereocenters. The molecule has 152 valence electrons. The lowest BCUT2D eigenvalue weighted by molar-refractivity contribution is -0.157. The summed E-state index contributed by atoms with van der Waals surface area (Å²) in [5, 5.41) is 13.4. The van der Waals surface area contributed by atoms with Gasteiger partial charge in [0.15, 0.2) is 9.84 Å². The maximum Gasteiger partial charge on any atom is 0.405 e. The molecule has 0 radical (unpaired) electrons. The number of methoxy groups -OCH3 is 1. The van der Waals surface area contributed by atoms with Gasteiger partial charge < -0.3 is 14.7 Å². The fraction of sp³-hybridized carbons (Fsp3) is 0.333. The molecule has 2 unspecified atom stereocenters. The molecule has 0 spiro atoms. The number of alkyl halides is 3. The number of sulfone groups is 1. The highest BCUT2D eigenvalue weighted by molar-refractivity contribution is 7.90. The van der Waals surface area contributed by atoms with Crippen molar-refractivity contribution in [2.75, 3.05) is 24.8 Å². The van der Waals surface area contributed by atoms with E-state index in [1.165, 1.54) is 55.6 Å². The molecule has 2 aromatic carbocycles. The first-order chi connectivity index (χ1) is 12.9. The summed E-state index contributed by atoms with van der Waals surface area (Å²) >= 11 is 0. The van der Waals surface area contributed by atoms with E-state index in [-0.39, 0.29) is 16.1 Å². The maximum absolute atomic E-state index is 13.3. The second-order valence-electron chi connectivity index (χ2n) is 6.52. The van der Waals surface area contributed by atoms with Crippen LogP contribution in [0.4, 0.5) is 18.9 Å². The van der Waals surface area contributed by atoms with E-state index in [2.05, 4.69) is 5.32 Å². The maximum atomic E-state index is 13.3. The van der Waals surface area contributed by atoms with Crippen LogP contribution in [0.2, 0.25) is 0 Å². The van der Waals surface area contributed by atoms with Gasteiger partial charge in [-0.1, -0.05) is 0 Å². The molecule has 2 N–H and O–H groups in total. The minimum atomic E-state index is -4.58. The van der Waals surface area contributed by atoms with Crippen molar-refractivity contribution in [3.63, 3.8) is 0 Å². The van der Waals surface area contributed by atoms with E-state index in [1.54, 1.807) is 0 Å². The van der Waals surface area contributed by atoms with Crippen molar-refractivity contribution in [3.05, 3.63) is 54.1 Å². The molecule has 1 aliphatic heterocycles. The average Bonchev–Trinajstić information content (AvgIpc) is 3.00. The summed E-state index contributed by atoms with van der Waals surface area (Å²) in [7, 11) is -2.01. The fourth-order valence-corrected chi connectivity index (χ4v) is 3.73. The van der Waals surface area contributed by atoms with Crippen LogP contribution in [0.3, 0.4) is 0 Å². The topological polar surface area (TPSA) is 78.9 Å². The molecule has 1 saturated heterocycles. The third-order valence-electron chi connectivity index (χ3n) is 4.60. The van der Waals surface area contributed by atoms with Gasteiger partial charge in [0.2, 0.25) is 5.85 Å². The highest BCUT2D eigenvalue weighted by Crippen LogP contribution is 2.38. The zero-order chi connectivity index (χ0) is 20.7. The van der Waals surface area contributed by atoms with Crippen LogP contribution in [0.5, 0.6) is 5.75 Å².